The zero-order chi connectivity index (χ0) is 13.9. The molecule has 2 heterocycles. The van der Waals surface area contributed by atoms with Gasteiger partial charge in [-0.2, -0.15) is 16.9 Å². The molecular weight excluding hydrogens is 288 g/mol. The summed E-state index contributed by atoms with van der Waals surface area (Å²) in [6.07, 6.45) is 9.25. The molecule has 6 heteroatoms. The number of nitrogens with one attached hydrogen (secondary N) is 1. The van der Waals surface area contributed by atoms with Crippen molar-refractivity contribution in [2.75, 3.05) is 0 Å². The summed E-state index contributed by atoms with van der Waals surface area (Å²) in [7, 11) is 1.91. The van der Waals surface area contributed by atoms with Crippen LogP contribution in [0, 0.1) is 4.64 Å². The van der Waals surface area contributed by atoms with Gasteiger partial charge in [0, 0.05) is 24.1 Å². The predicted molar refractivity (Wildman–Crippen MR) is 85.2 cm³/mol. The third kappa shape index (κ3) is 3.30. The Morgan fingerprint density at radius 2 is 2.25 bits per heavy atom. The Morgan fingerprint density at radius 3 is 2.95 bits per heavy atom. The number of nitrogens with zero attached hydrogens (tertiary/aromatic N) is 3. The maximum absolute atomic E-state index is 5.28. The number of aromatic amines is 1. The SMILES string of the molecule is Cn1cc(-c2cc(=S)nc(CSC3CCCC3)[nH]2)cn1. The molecule has 2 aromatic rings. The molecule has 1 N–H and O–H groups in total. The first-order valence-corrected chi connectivity index (χ1v) is 8.37. The monoisotopic (exact) mass is 306 g/mol. The fourth-order valence-corrected chi connectivity index (χ4v) is 3.97. The summed E-state index contributed by atoms with van der Waals surface area (Å²) in [5.74, 6) is 1.87. The molecule has 3 rings (SSSR count). The van der Waals surface area contributed by atoms with E-state index in [-0.39, 0.29) is 0 Å². The highest BCUT2D eigenvalue weighted by Gasteiger charge is 2.15. The van der Waals surface area contributed by atoms with E-state index in [1.807, 2.05) is 37.3 Å². The van der Waals surface area contributed by atoms with E-state index in [1.165, 1.54) is 25.7 Å². The normalized spacial score (nSPS) is 15.8. The minimum atomic E-state index is 0.643. The first-order chi connectivity index (χ1) is 9.70. The predicted octanol–water partition coefficient (Wildman–Crippen LogP) is 3.72. The van der Waals surface area contributed by atoms with Gasteiger partial charge in [-0.25, -0.2) is 4.98 Å². The maximum Gasteiger partial charge on any atom is 0.130 e. The molecule has 0 spiro atoms. The van der Waals surface area contributed by atoms with E-state index in [9.17, 15) is 0 Å². The second-order valence-electron chi connectivity index (χ2n) is 5.20. The van der Waals surface area contributed by atoms with Crippen LogP contribution in [0.5, 0.6) is 0 Å². The van der Waals surface area contributed by atoms with Crippen LogP contribution >= 0.6 is 24.0 Å². The van der Waals surface area contributed by atoms with Crippen molar-refractivity contribution in [3.8, 4) is 11.3 Å². The van der Waals surface area contributed by atoms with Crippen LogP contribution in [0.2, 0.25) is 0 Å². The summed E-state index contributed by atoms with van der Waals surface area (Å²) in [5.41, 5.74) is 2.05. The molecule has 20 heavy (non-hydrogen) atoms. The van der Waals surface area contributed by atoms with E-state index in [2.05, 4.69) is 15.1 Å². The lowest BCUT2D eigenvalue weighted by molar-refractivity contribution is 0.768. The molecule has 1 fully saturated rings. The maximum atomic E-state index is 5.28. The van der Waals surface area contributed by atoms with E-state index in [1.54, 1.807) is 4.68 Å². The van der Waals surface area contributed by atoms with Gasteiger partial charge in [-0.1, -0.05) is 25.1 Å². The topological polar surface area (TPSA) is 46.5 Å². The fraction of sp³-hybridized carbons (Fsp3) is 0.500. The van der Waals surface area contributed by atoms with Gasteiger partial charge in [0.05, 0.1) is 17.6 Å². The molecule has 2 aromatic heterocycles. The summed E-state index contributed by atoms with van der Waals surface area (Å²) in [5, 5.41) is 4.99. The number of hydrogen-bond donors (Lipinski definition) is 1. The van der Waals surface area contributed by atoms with E-state index in [4.69, 9.17) is 12.2 Å². The standard InChI is InChI=1S/C14H18N4S2/c1-18-8-10(7-15-18)12-6-14(19)17-13(16-12)9-20-11-4-2-3-5-11/h6-8,11H,2-5,9H2,1H3,(H,16,17,19). The number of H-pyrrole nitrogens is 1. The summed E-state index contributed by atoms with van der Waals surface area (Å²) in [4.78, 5) is 7.83. The summed E-state index contributed by atoms with van der Waals surface area (Å²) in [6.45, 7) is 0. The highest BCUT2D eigenvalue weighted by atomic mass is 32.2. The van der Waals surface area contributed by atoms with Gasteiger partial charge in [0.2, 0.25) is 0 Å². The molecule has 0 unspecified atom stereocenters. The van der Waals surface area contributed by atoms with Crippen molar-refractivity contribution in [2.45, 2.75) is 36.7 Å². The Morgan fingerprint density at radius 1 is 1.45 bits per heavy atom. The van der Waals surface area contributed by atoms with Gasteiger partial charge in [-0.3, -0.25) is 4.68 Å². The molecule has 0 amide bonds. The van der Waals surface area contributed by atoms with Crippen molar-refractivity contribution in [3.05, 3.63) is 28.9 Å². The molecular formula is C14H18N4S2. The van der Waals surface area contributed by atoms with Gasteiger partial charge in [0.1, 0.15) is 10.5 Å². The van der Waals surface area contributed by atoms with Gasteiger partial charge in [-0.15, -0.1) is 0 Å². The zero-order valence-electron chi connectivity index (χ0n) is 11.5. The van der Waals surface area contributed by atoms with Crippen LogP contribution in [0.3, 0.4) is 0 Å². The van der Waals surface area contributed by atoms with Crippen molar-refractivity contribution in [2.24, 2.45) is 7.05 Å². The molecule has 1 aliphatic carbocycles. The molecule has 106 valence electrons. The van der Waals surface area contributed by atoms with Crippen molar-refractivity contribution >= 4 is 24.0 Å². The number of aromatic nitrogens is 4. The Labute approximate surface area is 128 Å². The third-order valence-corrected chi connectivity index (χ3v) is 5.16. The number of aryl methyl sites for hydroxylation is 1. The first kappa shape index (κ1) is 13.8. The van der Waals surface area contributed by atoms with Crippen molar-refractivity contribution < 1.29 is 0 Å². The average Bonchev–Trinajstić information content (AvgIpc) is 3.07. The van der Waals surface area contributed by atoms with Crippen molar-refractivity contribution in [1.82, 2.24) is 19.7 Å². The highest BCUT2D eigenvalue weighted by molar-refractivity contribution is 7.99. The largest absolute Gasteiger partial charge is 0.342 e. The van der Waals surface area contributed by atoms with Crippen LogP contribution in [0.25, 0.3) is 11.3 Å². The summed E-state index contributed by atoms with van der Waals surface area (Å²) >= 11 is 7.27. The number of hydrogen-bond acceptors (Lipinski definition) is 4. The van der Waals surface area contributed by atoms with Crippen LogP contribution in [0.15, 0.2) is 18.5 Å². The molecule has 0 aliphatic heterocycles. The van der Waals surface area contributed by atoms with Gasteiger partial charge in [0.15, 0.2) is 0 Å². The quantitative estimate of drug-likeness (QED) is 0.875. The Bertz CT molecular complexity index is 641. The molecule has 4 nitrogen and oxygen atoms in total. The summed E-state index contributed by atoms with van der Waals surface area (Å²) < 4.78 is 2.43. The second-order valence-corrected chi connectivity index (χ2v) is 6.91. The second kappa shape index (κ2) is 6.10. The molecule has 0 radical (unpaired) electrons. The lowest BCUT2D eigenvalue weighted by atomic mass is 10.2. The Hall–Kier alpha value is -1.14. The highest BCUT2D eigenvalue weighted by Crippen LogP contribution is 2.31. The minimum Gasteiger partial charge on any atom is -0.342 e. The summed E-state index contributed by atoms with van der Waals surface area (Å²) in [6, 6.07) is 1.90. The van der Waals surface area contributed by atoms with E-state index in [0.717, 1.165) is 28.1 Å². The van der Waals surface area contributed by atoms with Crippen molar-refractivity contribution in [1.29, 1.82) is 0 Å². The Kier molecular flexibility index (Phi) is 4.21. The van der Waals surface area contributed by atoms with E-state index >= 15 is 0 Å². The number of thioether (sulfide) groups is 1. The Balaban J connectivity index is 1.77. The molecule has 0 aromatic carbocycles. The molecule has 0 saturated heterocycles. The van der Waals surface area contributed by atoms with Crippen LogP contribution in [-0.2, 0) is 12.8 Å². The smallest absolute Gasteiger partial charge is 0.130 e. The van der Waals surface area contributed by atoms with Crippen LogP contribution in [0.1, 0.15) is 31.5 Å². The first-order valence-electron chi connectivity index (χ1n) is 6.91. The average molecular weight is 306 g/mol. The lowest BCUT2D eigenvalue weighted by Gasteiger charge is -2.09. The molecule has 1 saturated carbocycles. The van der Waals surface area contributed by atoms with E-state index in [0.29, 0.717) is 4.64 Å². The zero-order valence-corrected chi connectivity index (χ0v) is 13.1. The van der Waals surface area contributed by atoms with Gasteiger partial charge < -0.3 is 4.98 Å². The van der Waals surface area contributed by atoms with Crippen LogP contribution in [0.4, 0.5) is 0 Å². The third-order valence-electron chi connectivity index (χ3n) is 3.57. The lowest BCUT2D eigenvalue weighted by Crippen LogP contribution is -2.00. The van der Waals surface area contributed by atoms with Gasteiger partial charge in [-0.05, 0) is 18.9 Å². The van der Waals surface area contributed by atoms with E-state index < -0.39 is 0 Å². The number of rotatable bonds is 4. The fourth-order valence-electron chi connectivity index (χ4n) is 2.54. The van der Waals surface area contributed by atoms with Crippen LogP contribution < -0.4 is 0 Å². The molecule has 0 bridgehead atoms. The molecule has 0 atom stereocenters. The molecule has 1 aliphatic rings. The van der Waals surface area contributed by atoms with Gasteiger partial charge in [0.25, 0.3) is 0 Å². The van der Waals surface area contributed by atoms with Gasteiger partial charge >= 0.3 is 0 Å². The van der Waals surface area contributed by atoms with Crippen molar-refractivity contribution in [3.63, 3.8) is 0 Å². The minimum absolute atomic E-state index is 0.643. The van der Waals surface area contributed by atoms with Crippen LogP contribution in [-0.4, -0.2) is 25.0 Å².